The van der Waals surface area contributed by atoms with Gasteiger partial charge in [-0.3, -0.25) is 9.36 Å². The van der Waals surface area contributed by atoms with Crippen molar-refractivity contribution < 1.29 is 13.2 Å². The molecular weight excluding hydrogens is 404 g/mol. The highest BCUT2D eigenvalue weighted by atomic mass is 35.5. The molecule has 3 rings (SSSR count). The van der Waals surface area contributed by atoms with E-state index in [-0.39, 0.29) is 47.6 Å². The molecular formula is C17H17Cl2F3N4O. The van der Waals surface area contributed by atoms with E-state index in [0.717, 1.165) is 0 Å². The van der Waals surface area contributed by atoms with Gasteiger partial charge in [-0.2, -0.15) is 13.2 Å². The molecule has 0 saturated heterocycles. The highest BCUT2D eigenvalue weighted by molar-refractivity contribution is 6.32. The second kappa shape index (κ2) is 7.67. The molecule has 10 heteroatoms. The summed E-state index contributed by atoms with van der Waals surface area (Å²) in [6.07, 6.45) is -2.23. The number of nitrogens with one attached hydrogen (secondary N) is 1. The monoisotopic (exact) mass is 420 g/mol. The molecule has 1 fully saturated rings. The molecule has 0 amide bonds. The Morgan fingerprint density at radius 1 is 1.19 bits per heavy atom. The molecule has 0 unspecified atom stereocenters. The minimum absolute atomic E-state index is 0.000415. The van der Waals surface area contributed by atoms with Crippen molar-refractivity contribution in [2.45, 2.75) is 37.8 Å². The first-order valence-electron chi connectivity index (χ1n) is 8.41. The molecule has 0 aromatic carbocycles. The van der Waals surface area contributed by atoms with Crippen LogP contribution >= 0.6 is 23.2 Å². The van der Waals surface area contributed by atoms with Crippen molar-refractivity contribution in [1.29, 1.82) is 0 Å². The van der Waals surface area contributed by atoms with Crippen molar-refractivity contribution in [2.75, 3.05) is 12.4 Å². The minimum Gasteiger partial charge on any atom is -0.372 e. The second-order valence-corrected chi connectivity index (χ2v) is 7.22. The van der Waals surface area contributed by atoms with E-state index >= 15 is 0 Å². The maximum atomic E-state index is 13.0. The summed E-state index contributed by atoms with van der Waals surface area (Å²) in [6, 6.07) is 3.12. The van der Waals surface area contributed by atoms with Crippen molar-refractivity contribution >= 4 is 29.0 Å². The fraction of sp³-hybridized carbons (Fsp3) is 0.471. The van der Waals surface area contributed by atoms with Crippen LogP contribution in [-0.4, -0.2) is 27.8 Å². The summed E-state index contributed by atoms with van der Waals surface area (Å²) < 4.78 is 40.2. The lowest BCUT2D eigenvalue weighted by molar-refractivity contribution is -0.182. The fourth-order valence-corrected chi connectivity index (χ4v) is 3.72. The predicted molar refractivity (Wildman–Crippen MR) is 97.9 cm³/mol. The van der Waals surface area contributed by atoms with Crippen LogP contribution < -0.4 is 10.9 Å². The largest absolute Gasteiger partial charge is 0.391 e. The number of pyridine rings is 1. The third-order valence-electron chi connectivity index (χ3n) is 4.82. The van der Waals surface area contributed by atoms with Gasteiger partial charge in [-0.25, -0.2) is 9.97 Å². The van der Waals surface area contributed by atoms with E-state index in [9.17, 15) is 18.0 Å². The molecule has 0 radical (unpaired) electrons. The van der Waals surface area contributed by atoms with E-state index in [2.05, 4.69) is 15.3 Å². The average molecular weight is 421 g/mol. The number of nitrogens with zero attached hydrogens (tertiary/aromatic N) is 3. The molecule has 0 spiro atoms. The lowest BCUT2D eigenvalue weighted by Gasteiger charge is -2.30. The highest BCUT2D eigenvalue weighted by Crippen LogP contribution is 2.43. The quantitative estimate of drug-likeness (QED) is 0.723. The van der Waals surface area contributed by atoms with Crippen LogP contribution in [0.5, 0.6) is 0 Å². The summed E-state index contributed by atoms with van der Waals surface area (Å²) in [5.41, 5.74) is -0.0949. The SMILES string of the molecule is CNc1nc(C2CCC(C(F)(F)F)CC2)n(-c2ccc(Cl)nc2)c(=O)c1Cl. The Hall–Kier alpha value is -1.80. The van der Waals surface area contributed by atoms with Crippen LogP contribution in [0.25, 0.3) is 5.69 Å². The van der Waals surface area contributed by atoms with Gasteiger partial charge < -0.3 is 5.32 Å². The summed E-state index contributed by atoms with van der Waals surface area (Å²) in [5.74, 6) is -1.04. The molecule has 1 aliphatic rings. The first-order valence-corrected chi connectivity index (χ1v) is 9.16. The Balaban J connectivity index is 2.05. The Labute approximate surface area is 163 Å². The first kappa shape index (κ1) is 19.9. The van der Waals surface area contributed by atoms with Crippen LogP contribution in [-0.2, 0) is 0 Å². The van der Waals surface area contributed by atoms with Gasteiger partial charge in [0, 0.05) is 13.0 Å². The molecule has 2 aromatic rings. The number of hydrogen-bond donors (Lipinski definition) is 1. The van der Waals surface area contributed by atoms with Crippen molar-refractivity contribution in [3.05, 3.63) is 44.7 Å². The zero-order chi connectivity index (χ0) is 19.8. The van der Waals surface area contributed by atoms with Gasteiger partial charge in [-0.1, -0.05) is 23.2 Å². The molecule has 2 aromatic heterocycles. The van der Waals surface area contributed by atoms with Crippen molar-refractivity contribution in [3.63, 3.8) is 0 Å². The van der Waals surface area contributed by atoms with Gasteiger partial charge in [0.15, 0.2) is 5.82 Å². The lowest BCUT2D eigenvalue weighted by atomic mass is 9.81. The van der Waals surface area contributed by atoms with E-state index in [0.29, 0.717) is 11.5 Å². The maximum absolute atomic E-state index is 13.0. The Morgan fingerprint density at radius 3 is 2.37 bits per heavy atom. The average Bonchev–Trinajstić information content (AvgIpc) is 2.64. The van der Waals surface area contributed by atoms with Gasteiger partial charge in [-0.05, 0) is 37.8 Å². The van der Waals surface area contributed by atoms with Gasteiger partial charge >= 0.3 is 6.18 Å². The molecule has 0 atom stereocenters. The Morgan fingerprint density at radius 2 is 1.85 bits per heavy atom. The zero-order valence-electron chi connectivity index (χ0n) is 14.4. The molecule has 1 N–H and O–H groups in total. The van der Waals surface area contributed by atoms with E-state index in [1.807, 2.05) is 0 Å². The smallest absolute Gasteiger partial charge is 0.372 e. The summed E-state index contributed by atoms with van der Waals surface area (Å²) in [7, 11) is 1.58. The van der Waals surface area contributed by atoms with Crippen molar-refractivity contribution in [1.82, 2.24) is 14.5 Å². The van der Waals surface area contributed by atoms with Gasteiger partial charge in [0.1, 0.15) is 16.0 Å². The zero-order valence-corrected chi connectivity index (χ0v) is 15.9. The number of hydrogen-bond acceptors (Lipinski definition) is 4. The summed E-state index contributed by atoms with van der Waals surface area (Å²) >= 11 is 11.9. The predicted octanol–water partition coefficient (Wildman–Crippen LogP) is 4.81. The molecule has 146 valence electrons. The standard InChI is InChI=1S/C17H17Cl2F3N4O/c1-23-14-13(19)16(27)26(11-6-7-12(18)24-8-11)15(25-14)9-2-4-10(5-3-9)17(20,21)22/h6-10,23H,2-5H2,1H3. The van der Waals surface area contributed by atoms with Crippen molar-refractivity contribution in [2.24, 2.45) is 5.92 Å². The van der Waals surface area contributed by atoms with Crippen molar-refractivity contribution in [3.8, 4) is 5.69 Å². The van der Waals surface area contributed by atoms with Gasteiger partial charge in [0.2, 0.25) is 0 Å². The van der Waals surface area contributed by atoms with E-state index in [1.165, 1.54) is 16.8 Å². The third kappa shape index (κ3) is 4.06. The lowest BCUT2D eigenvalue weighted by Crippen LogP contribution is -2.31. The number of anilines is 1. The summed E-state index contributed by atoms with van der Waals surface area (Å²) in [4.78, 5) is 21.2. The van der Waals surface area contributed by atoms with Gasteiger partial charge in [0.05, 0.1) is 17.8 Å². The minimum atomic E-state index is -4.20. The van der Waals surface area contributed by atoms with E-state index < -0.39 is 17.7 Å². The van der Waals surface area contributed by atoms with Crippen LogP contribution in [0.15, 0.2) is 23.1 Å². The molecule has 1 aliphatic carbocycles. The highest BCUT2D eigenvalue weighted by Gasteiger charge is 2.42. The molecule has 1 saturated carbocycles. The normalized spacial score (nSPS) is 20.5. The first-order chi connectivity index (χ1) is 12.7. The molecule has 2 heterocycles. The van der Waals surface area contributed by atoms with Crippen LogP contribution in [0.3, 0.4) is 0 Å². The number of aromatic nitrogens is 3. The van der Waals surface area contributed by atoms with Crippen LogP contribution in [0, 0.1) is 5.92 Å². The number of alkyl halides is 3. The summed E-state index contributed by atoms with van der Waals surface area (Å²) in [6.45, 7) is 0. The van der Waals surface area contributed by atoms with E-state index in [1.54, 1.807) is 13.1 Å². The Kier molecular flexibility index (Phi) is 5.67. The van der Waals surface area contributed by atoms with Gasteiger partial charge in [0.25, 0.3) is 5.56 Å². The van der Waals surface area contributed by atoms with Crippen LogP contribution in [0.2, 0.25) is 10.2 Å². The van der Waals surface area contributed by atoms with Gasteiger partial charge in [-0.15, -0.1) is 0 Å². The molecule has 27 heavy (non-hydrogen) atoms. The van der Waals surface area contributed by atoms with Crippen LogP contribution in [0.4, 0.5) is 19.0 Å². The molecule has 0 aliphatic heterocycles. The fourth-order valence-electron chi connectivity index (χ4n) is 3.39. The molecule has 0 bridgehead atoms. The number of halogens is 5. The van der Waals surface area contributed by atoms with Crippen LogP contribution in [0.1, 0.15) is 37.4 Å². The summed E-state index contributed by atoms with van der Waals surface area (Å²) in [5, 5.41) is 2.92. The number of rotatable bonds is 3. The molecule has 5 nitrogen and oxygen atoms in total. The van der Waals surface area contributed by atoms with E-state index in [4.69, 9.17) is 23.2 Å². The second-order valence-electron chi connectivity index (χ2n) is 6.45. The topological polar surface area (TPSA) is 59.8 Å². The Bertz CT molecular complexity index is 875. The third-order valence-corrected chi connectivity index (χ3v) is 5.38. The maximum Gasteiger partial charge on any atom is 0.391 e.